The quantitative estimate of drug-likeness (QED) is 0.812. The van der Waals surface area contributed by atoms with E-state index in [1.165, 1.54) is 18.4 Å². The van der Waals surface area contributed by atoms with Crippen LogP contribution in [-0.2, 0) is 4.79 Å². The number of rotatable bonds is 6. The molecule has 0 aromatic heterocycles. The first-order valence-corrected chi connectivity index (χ1v) is 8.26. The third-order valence-electron chi connectivity index (χ3n) is 4.69. The van der Waals surface area contributed by atoms with Crippen molar-refractivity contribution in [3.63, 3.8) is 0 Å². The average Bonchev–Trinajstić information content (AvgIpc) is 3.21. The largest absolute Gasteiger partial charge is 0.321 e. The highest BCUT2D eigenvalue weighted by atomic mass is 16.2. The Balaban J connectivity index is 1.67. The van der Waals surface area contributed by atoms with Crippen LogP contribution in [0.1, 0.15) is 57.7 Å². The van der Waals surface area contributed by atoms with Crippen molar-refractivity contribution in [1.29, 1.82) is 0 Å². The van der Waals surface area contributed by atoms with E-state index in [0.717, 1.165) is 31.7 Å². The van der Waals surface area contributed by atoms with Crippen LogP contribution in [0.25, 0.3) is 0 Å². The Morgan fingerprint density at radius 3 is 2.57 bits per heavy atom. The van der Waals surface area contributed by atoms with E-state index < -0.39 is 0 Å². The summed E-state index contributed by atoms with van der Waals surface area (Å²) < 4.78 is 0. The molecule has 1 aromatic rings. The maximum absolute atomic E-state index is 12.7. The van der Waals surface area contributed by atoms with Crippen LogP contribution in [-0.4, -0.2) is 22.9 Å². The Bertz CT molecular complexity index is 493. The third kappa shape index (κ3) is 2.98. The Morgan fingerprint density at radius 1 is 1.24 bits per heavy atom. The minimum atomic E-state index is -0.224. The summed E-state index contributed by atoms with van der Waals surface area (Å²) >= 11 is 0. The maximum atomic E-state index is 12.7. The third-order valence-corrected chi connectivity index (χ3v) is 4.69. The first-order valence-electron chi connectivity index (χ1n) is 8.26. The van der Waals surface area contributed by atoms with Gasteiger partial charge in [-0.2, -0.15) is 0 Å². The summed E-state index contributed by atoms with van der Waals surface area (Å²) in [5.74, 6) is 1.07. The molecule has 0 bridgehead atoms. The van der Waals surface area contributed by atoms with Crippen LogP contribution in [0.5, 0.6) is 0 Å². The summed E-state index contributed by atoms with van der Waals surface area (Å²) in [7, 11) is 0. The normalized spacial score (nSPS) is 23.3. The van der Waals surface area contributed by atoms with Gasteiger partial charge in [0, 0.05) is 6.54 Å². The topological polar surface area (TPSA) is 32.3 Å². The van der Waals surface area contributed by atoms with E-state index in [1.54, 1.807) is 0 Å². The Hall–Kier alpha value is -1.35. The number of carbonyl (C=O) groups excluding carboxylic acids is 1. The lowest BCUT2D eigenvalue weighted by Crippen LogP contribution is -2.33. The molecule has 1 aromatic carbocycles. The predicted molar refractivity (Wildman–Crippen MR) is 84.7 cm³/mol. The molecule has 1 unspecified atom stereocenters. The number of nitrogens with one attached hydrogen (secondary N) is 1. The number of unbranched alkanes of at least 4 members (excludes halogenated alkanes) is 1. The van der Waals surface area contributed by atoms with Gasteiger partial charge in [-0.05, 0) is 30.7 Å². The molecular weight excluding hydrogens is 260 g/mol. The SMILES string of the molecule is CC(C)CCCCN1C(=O)C2(CC2)NC1c1ccccc1. The zero-order valence-corrected chi connectivity index (χ0v) is 13.1. The number of hydrogen-bond acceptors (Lipinski definition) is 2. The molecule has 2 aliphatic rings. The standard InChI is InChI=1S/C18H26N2O/c1-14(2)8-6-7-13-20-16(15-9-4-3-5-10-15)19-18(11-12-18)17(20)21/h3-5,9-10,14,16,19H,6-8,11-13H2,1-2H3. The van der Waals surface area contributed by atoms with Gasteiger partial charge in [0.25, 0.3) is 0 Å². The molecule has 1 atom stereocenters. The van der Waals surface area contributed by atoms with Gasteiger partial charge in [0.15, 0.2) is 0 Å². The van der Waals surface area contributed by atoms with E-state index >= 15 is 0 Å². The molecule has 1 aliphatic carbocycles. The predicted octanol–water partition coefficient (Wildman–Crippen LogP) is 3.48. The fraction of sp³-hybridized carbons (Fsp3) is 0.611. The van der Waals surface area contributed by atoms with Crippen molar-refractivity contribution < 1.29 is 4.79 Å². The highest BCUT2D eigenvalue weighted by Gasteiger charge is 2.59. The van der Waals surface area contributed by atoms with Gasteiger partial charge in [-0.25, -0.2) is 0 Å². The summed E-state index contributed by atoms with van der Waals surface area (Å²) in [4.78, 5) is 14.7. The molecule has 3 rings (SSSR count). The van der Waals surface area contributed by atoms with Crippen molar-refractivity contribution in [1.82, 2.24) is 10.2 Å². The monoisotopic (exact) mass is 286 g/mol. The van der Waals surface area contributed by atoms with Gasteiger partial charge in [-0.1, -0.05) is 57.0 Å². The van der Waals surface area contributed by atoms with Gasteiger partial charge in [-0.15, -0.1) is 0 Å². The second kappa shape index (κ2) is 5.80. The molecule has 1 saturated carbocycles. The van der Waals surface area contributed by atoms with Crippen LogP contribution in [0.3, 0.4) is 0 Å². The molecule has 1 amide bonds. The van der Waals surface area contributed by atoms with E-state index in [9.17, 15) is 4.79 Å². The molecule has 114 valence electrons. The smallest absolute Gasteiger partial charge is 0.244 e. The summed E-state index contributed by atoms with van der Waals surface area (Å²) in [5, 5.41) is 3.58. The molecule has 21 heavy (non-hydrogen) atoms. The van der Waals surface area contributed by atoms with Crippen molar-refractivity contribution in [2.24, 2.45) is 5.92 Å². The van der Waals surface area contributed by atoms with Crippen molar-refractivity contribution in [3.8, 4) is 0 Å². The summed E-state index contributed by atoms with van der Waals surface area (Å²) in [6.07, 6.45) is 5.62. The minimum Gasteiger partial charge on any atom is -0.321 e. The fourth-order valence-electron chi connectivity index (χ4n) is 3.24. The molecule has 3 nitrogen and oxygen atoms in total. The fourth-order valence-corrected chi connectivity index (χ4v) is 3.24. The Labute approximate surface area is 127 Å². The Morgan fingerprint density at radius 2 is 1.95 bits per heavy atom. The molecule has 3 heteroatoms. The highest BCUT2D eigenvalue weighted by Crippen LogP contribution is 2.45. The molecule has 0 radical (unpaired) electrons. The second-order valence-electron chi connectivity index (χ2n) is 6.93. The first kappa shape index (κ1) is 14.6. The van der Waals surface area contributed by atoms with Crippen LogP contribution in [0.2, 0.25) is 0 Å². The molecule has 1 aliphatic heterocycles. The first-order chi connectivity index (χ1) is 10.1. The number of nitrogens with zero attached hydrogens (tertiary/aromatic N) is 1. The summed E-state index contributed by atoms with van der Waals surface area (Å²) in [6, 6.07) is 10.4. The lowest BCUT2D eigenvalue weighted by molar-refractivity contribution is -0.130. The van der Waals surface area contributed by atoms with E-state index in [-0.39, 0.29) is 11.7 Å². The zero-order chi connectivity index (χ0) is 14.9. The van der Waals surface area contributed by atoms with Crippen molar-refractivity contribution in [2.45, 2.75) is 57.7 Å². The number of carbonyl (C=O) groups is 1. The van der Waals surface area contributed by atoms with Gasteiger partial charge in [0.1, 0.15) is 11.7 Å². The summed E-state index contributed by atoms with van der Waals surface area (Å²) in [6.45, 7) is 5.39. The zero-order valence-electron chi connectivity index (χ0n) is 13.1. The molecule has 1 saturated heterocycles. The lowest BCUT2D eigenvalue weighted by atomic mass is 10.1. The van der Waals surface area contributed by atoms with Gasteiger partial charge >= 0.3 is 0 Å². The number of hydrogen-bond donors (Lipinski definition) is 1. The van der Waals surface area contributed by atoms with Gasteiger partial charge in [0.2, 0.25) is 5.91 Å². The lowest BCUT2D eigenvalue weighted by Gasteiger charge is -2.24. The van der Waals surface area contributed by atoms with Crippen LogP contribution >= 0.6 is 0 Å². The van der Waals surface area contributed by atoms with Crippen LogP contribution in [0, 0.1) is 5.92 Å². The van der Waals surface area contributed by atoms with Crippen LogP contribution < -0.4 is 5.32 Å². The number of amides is 1. The van der Waals surface area contributed by atoms with Gasteiger partial charge < -0.3 is 4.90 Å². The minimum absolute atomic E-state index is 0.0697. The van der Waals surface area contributed by atoms with E-state index in [0.29, 0.717) is 5.91 Å². The van der Waals surface area contributed by atoms with Crippen LogP contribution in [0.15, 0.2) is 30.3 Å². The van der Waals surface area contributed by atoms with Crippen molar-refractivity contribution in [2.75, 3.05) is 6.54 Å². The molecule has 1 spiro atoms. The molecule has 1 heterocycles. The second-order valence-corrected chi connectivity index (χ2v) is 6.93. The molecule has 1 N–H and O–H groups in total. The molecule has 2 fully saturated rings. The van der Waals surface area contributed by atoms with Gasteiger partial charge in [0.05, 0.1) is 0 Å². The Kier molecular flexibility index (Phi) is 4.03. The molecular formula is C18H26N2O. The van der Waals surface area contributed by atoms with E-state index in [4.69, 9.17) is 0 Å². The number of benzene rings is 1. The van der Waals surface area contributed by atoms with Crippen molar-refractivity contribution >= 4 is 5.91 Å². The van der Waals surface area contributed by atoms with Crippen LogP contribution in [0.4, 0.5) is 0 Å². The highest BCUT2D eigenvalue weighted by molar-refractivity contribution is 5.92. The summed E-state index contributed by atoms with van der Waals surface area (Å²) in [5.41, 5.74) is 0.983. The maximum Gasteiger partial charge on any atom is 0.244 e. The van der Waals surface area contributed by atoms with Crippen molar-refractivity contribution in [3.05, 3.63) is 35.9 Å². The average molecular weight is 286 g/mol. The van der Waals surface area contributed by atoms with E-state index in [2.05, 4.69) is 48.3 Å². The van der Waals surface area contributed by atoms with E-state index in [1.807, 2.05) is 6.07 Å². The van der Waals surface area contributed by atoms with Gasteiger partial charge in [-0.3, -0.25) is 10.1 Å².